The van der Waals surface area contributed by atoms with Gasteiger partial charge >= 0.3 is 0 Å². The van der Waals surface area contributed by atoms with Gasteiger partial charge in [-0.05, 0) is 36.3 Å². The zero-order valence-corrected chi connectivity index (χ0v) is 13.2. The Kier molecular flexibility index (Phi) is 3.73. The summed E-state index contributed by atoms with van der Waals surface area (Å²) >= 11 is 1.82. The first-order valence-electron chi connectivity index (χ1n) is 8.13. The minimum absolute atomic E-state index is 0.143. The SMILES string of the molecule is O=C(C1CCCc2sccc21)N1CC(N2CCNCC2)C1. The molecule has 2 aliphatic heterocycles. The summed E-state index contributed by atoms with van der Waals surface area (Å²) in [4.78, 5) is 18.8. The van der Waals surface area contributed by atoms with Gasteiger partial charge in [-0.25, -0.2) is 0 Å². The maximum absolute atomic E-state index is 12.8. The number of likely N-dealkylation sites (tertiary alicyclic amines) is 1. The van der Waals surface area contributed by atoms with Crippen molar-refractivity contribution in [3.63, 3.8) is 0 Å². The molecule has 0 saturated carbocycles. The van der Waals surface area contributed by atoms with E-state index in [0.717, 1.165) is 45.7 Å². The number of hydrogen-bond donors (Lipinski definition) is 1. The molecule has 1 aliphatic carbocycles. The zero-order chi connectivity index (χ0) is 14.2. The van der Waals surface area contributed by atoms with E-state index in [9.17, 15) is 4.79 Å². The van der Waals surface area contributed by atoms with E-state index in [0.29, 0.717) is 11.9 Å². The Bertz CT molecular complexity index is 517. The second kappa shape index (κ2) is 5.71. The number of fused-ring (bicyclic) bond motifs is 1. The van der Waals surface area contributed by atoms with E-state index in [1.165, 1.54) is 23.3 Å². The summed E-state index contributed by atoms with van der Waals surface area (Å²) < 4.78 is 0. The Hall–Kier alpha value is -0.910. The lowest BCUT2D eigenvalue weighted by molar-refractivity contribution is -0.140. The van der Waals surface area contributed by atoms with Crippen molar-refractivity contribution < 1.29 is 4.79 Å². The van der Waals surface area contributed by atoms with Crippen LogP contribution in [0.3, 0.4) is 0 Å². The molecule has 1 aromatic rings. The topological polar surface area (TPSA) is 35.6 Å². The molecular weight excluding hydrogens is 282 g/mol. The van der Waals surface area contributed by atoms with Gasteiger partial charge in [-0.3, -0.25) is 9.69 Å². The predicted octanol–water partition coefficient (Wildman–Crippen LogP) is 1.28. The van der Waals surface area contributed by atoms with Crippen molar-refractivity contribution >= 4 is 17.2 Å². The number of rotatable bonds is 2. The molecule has 3 aliphatic rings. The van der Waals surface area contributed by atoms with Crippen LogP contribution in [0.4, 0.5) is 0 Å². The molecule has 1 aromatic heterocycles. The van der Waals surface area contributed by atoms with Crippen LogP contribution in [0.5, 0.6) is 0 Å². The summed E-state index contributed by atoms with van der Waals surface area (Å²) in [5.41, 5.74) is 1.32. The maximum atomic E-state index is 12.8. The molecule has 21 heavy (non-hydrogen) atoms. The highest BCUT2D eigenvalue weighted by Gasteiger charge is 2.39. The largest absolute Gasteiger partial charge is 0.339 e. The predicted molar refractivity (Wildman–Crippen MR) is 84.8 cm³/mol. The molecule has 4 nitrogen and oxygen atoms in total. The van der Waals surface area contributed by atoms with Gasteiger partial charge in [0, 0.05) is 50.2 Å². The van der Waals surface area contributed by atoms with Gasteiger partial charge in [-0.1, -0.05) is 0 Å². The van der Waals surface area contributed by atoms with Gasteiger partial charge in [0.25, 0.3) is 0 Å². The number of aryl methyl sites for hydroxylation is 1. The lowest BCUT2D eigenvalue weighted by Gasteiger charge is -2.48. The Labute approximate surface area is 130 Å². The number of nitrogens with one attached hydrogen (secondary N) is 1. The molecule has 2 saturated heterocycles. The molecule has 0 radical (unpaired) electrons. The standard InChI is InChI=1S/C16H23N3OS/c20-16(14-2-1-3-15-13(14)4-9-21-15)19-10-12(11-19)18-7-5-17-6-8-18/h4,9,12,14,17H,1-3,5-8,10-11H2. The molecule has 0 aromatic carbocycles. The molecule has 3 heterocycles. The molecule has 0 bridgehead atoms. The molecule has 2 fully saturated rings. The van der Waals surface area contributed by atoms with Crippen LogP contribution in [0.2, 0.25) is 0 Å². The van der Waals surface area contributed by atoms with E-state index in [1.54, 1.807) is 0 Å². The molecule has 1 unspecified atom stereocenters. The molecule has 4 rings (SSSR count). The van der Waals surface area contributed by atoms with E-state index in [2.05, 4.69) is 26.6 Å². The van der Waals surface area contributed by atoms with E-state index < -0.39 is 0 Å². The smallest absolute Gasteiger partial charge is 0.230 e. The number of carbonyl (C=O) groups is 1. The number of thiophene rings is 1. The first-order valence-corrected chi connectivity index (χ1v) is 9.01. The highest BCUT2D eigenvalue weighted by atomic mass is 32.1. The van der Waals surface area contributed by atoms with Crippen LogP contribution in [0.25, 0.3) is 0 Å². The van der Waals surface area contributed by atoms with Crippen molar-refractivity contribution in [2.24, 2.45) is 0 Å². The van der Waals surface area contributed by atoms with E-state index in [-0.39, 0.29) is 5.92 Å². The van der Waals surface area contributed by atoms with Crippen LogP contribution in [0.15, 0.2) is 11.4 Å². The third-order valence-electron chi connectivity index (χ3n) is 5.19. The summed E-state index contributed by atoms with van der Waals surface area (Å²) in [5.74, 6) is 0.518. The molecule has 0 spiro atoms. The fourth-order valence-electron chi connectivity index (χ4n) is 3.88. The van der Waals surface area contributed by atoms with E-state index >= 15 is 0 Å². The van der Waals surface area contributed by atoms with Crippen molar-refractivity contribution in [1.82, 2.24) is 15.1 Å². The normalized spacial score (nSPS) is 27.2. The number of nitrogens with zero attached hydrogens (tertiary/aromatic N) is 2. The van der Waals surface area contributed by atoms with Crippen LogP contribution >= 0.6 is 11.3 Å². The zero-order valence-electron chi connectivity index (χ0n) is 12.4. The van der Waals surface area contributed by atoms with Crippen molar-refractivity contribution in [2.45, 2.75) is 31.2 Å². The first kappa shape index (κ1) is 13.7. The van der Waals surface area contributed by atoms with Gasteiger partial charge in [-0.2, -0.15) is 0 Å². The number of amides is 1. The van der Waals surface area contributed by atoms with Crippen molar-refractivity contribution in [2.75, 3.05) is 39.3 Å². The van der Waals surface area contributed by atoms with Crippen LogP contribution in [0, 0.1) is 0 Å². The van der Waals surface area contributed by atoms with Gasteiger partial charge in [0.2, 0.25) is 5.91 Å². The summed E-state index contributed by atoms with van der Waals surface area (Å²) in [7, 11) is 0. The molecular formula is C16H23N3OS. The van der Waals surface area contributed by atoms with Crippen molar-refractivity contribution in [3.8, 4) is 0 Å². The quantitative estimate of drug-likeness (QED) is 0.894. The number of hydrogen-bond acceptors (Lipinski definition) is 4. The van der Waals surface area contributed by atoms with E-state index in [1.807, 2.05) is 11.3 Å². The van der Waals surface area contributed by atoms with Gasteiger partial charge in [0.1, 0.15) is 0 Å². The highest BCUT2D eigenvalue weighted by Crippen LogP contribution is 2.37. The lowest BCUT2D eigenvalue weighted by Crippen LogP contribution is -2.64. The highest BCUT2D eigenvalue weighted by molar-refractivity contribution is 7.10. The summed E-state index contributed by atoms with van der Waals surface area (Å²) in [5, 5.41) is 5.54. The molecule has 1 amide bonds. The second-order valence-electron chi connectivity index (χ2n) is 6.43. The Morgan fingerprint density at radius 1 is 1.29 bits per heavy atom. The summed E-state index contributed by atoms with van der Waals surface area (Å²) in [6, 6.07) is 2.77. The van der Waals surface area contributed by atoms with Gasteiger partial charge in [0.05, 0.1) is 5.92 Å². The fourth-order valence-corrected chi connectivity index (χ4v) is 4.86. The molecule has 5 heteroatoms. The van der Waals surface area contributed by atoms with Crippen LogP contribution in [-0.2, 0) is 11.2 Å². The van der Waals surface area contributed by atoms with Gasteiger partial charge in [-0.15, -0.1) is 11.3 Å². The van der Waals surface area contributed by atoms with Gasteiger partial charge in [0.15, 0.2) is 0 Å². The fraction of sp³-hybridized carbons (Fsp3) is 0.688. The minimum Gasteiger partial charge on any atom is -0.339 e. The molecule has 1 N–H and O–H groups in total. The summed E-state index contributed by atoms with van der Waals surface area (Å²) in [6.45, 7) is 6.32. The monoisotopic (exact) mass is 305 g/mol. The van der Waals surface area contributed by atoms with Crippen molar-refractivity contribution in [1.29, 1.82) is 0 Å². The van der Waals surface area contributed by atoms with Crippen molar-refractivity contribution in [3.05, 3.63) is 21.9 Å². The number of carbonyl (C=O) groups excluding carboxylic acids is 1. The Morgan fingerprint density at radius 2 is 2.10 bits per heavy atom. The molecule has 114 valence electrons. The van der Waals surface area contributed by atoms with Crippen LogP contribution in [0.1, 0.15) is 29.2 Å². The summed E-state index contributed by atoms with van der Waals surface area (Å²) in [6.07, 6.45) is 3.37. The maximum Gasteiger partial charge on any atom is 0.230 e. The lowest BCUT2D eigenvalue weighted by atomic mass is 9.85. The Morgan fingerprint density at radius 3 is 2.90 bits per heavy atom. The van der Waals surface area contributed by atoms with E-state index in [4.69, 9.17) is 0 Å². The average molecular weight is 305 g/mol. The average Bonchev–Trinajstić information content (AvgIpc) is 2.95. The third kappa shape index (κ3) is 2.51. The molecule has 1 atom stereocenters. The van der Waals surface area contributed by atoms with Gasteiger partial charge < -0.3 is 10.2 Å². The first-order chi connectivity index (χ1) is 10.3. The van der Waals surface area contributed by atoms with Crippen LogP contribution in [-0.4, -0.2) is 61.0 Å². The second-order valence-corrected chi connectivity index (χ2v) is 7.43. The Balaban J connectivity index is 1.37. The minimum atomic E-state index is 0.143. The van der Waals surface area contributed by atoms with Crippen LogP contribution < -0.4 is 5.32 Å². The number of piperazine rings is 1. The third-order valence-corrected chi connectivity index (χ3v) is 6.19.